The lowest BCUT2D eigenvalue weighted by Crippen LogP contribution is -2.06. The molecule has 0 bridgehead atoms. The number of aryl methyl sites for hydroxylation is 1. The van der Waals surface area contributed by atoms with E-state index in [4.69, 9.17) is 9.47 Å². The van der Waals surface area contributed by atoms with Crippen LogP contribution in [0.2, 0.25) is 0 Å². The van der Waals surface area contributed by atoms with Gasteiger partial charge in [-0.05, 0) is 12.1 Å². The first-order valence-corrected chi connectivity index (χ1v) is 5.53. The van der Waals surface area contributed by atoms with Gasteiger partial charge in [0.1, 0.15) is 12.2 Å². The molecule has 0 atom stereocenters. The van der Waals surface area contributed by atoms with Gasteiger partial charge in [-0.3, -0.25) is 4.68 Å². The molecular formula is C12H16N4O2. The standard InChI is InChI=1S/C12H16N4O2/c1-16-12(14-8-15-16)7-13-9-4-5-10(17-2)11(6-9)18-3/h4-6,8,13H,7H2,1-3H3. The molecule has 2 aromatic rings. The SMILES string of the molecule is COc1ccc(NCc2ncnn2C)cc1OC. The summed E-state index contributed by atoms with van der Waals surface area (Å²) in [4.78, 5) is 4.14. The molecule has 0 aliphatic carbocycles. The van der Waals surface area contributed by atoms with Crippen LogP contribution < -0.4 is 14.8 Å². The minimum absolute atomic E-state index is 0.603. The van der Waals surface area contributed by atoms with E-state index in [1.807, 2.05) is 25.2 Å². The zero-order chi connectivity index (χ0) is 13.0. The lowest BCUT2D eigenvalue weighted by Gasteiger charge is -2.10. The first kappa shape index (κ1) is 12.2. The summed E-state index contributed by atoms with van der Waals surface area (Å²) < 4.78 is 12.2. The number of ether oxygens (including phenoxy) is 2. The van der Waals surface area contributed by atoms with E-state index in [0.29, 0.717) is 18.0 Å². The Morgan fingerprint density at radius 3 is 2.61 bits per heavy atom. The van der Waals surface area contributed by atoms with Crippen LogP contribution in [-0.4, -0.2) is 29.0 Å². The van der Waals surface area contributed by atoms with E-state index in [2.05, 4.69) is 15.4 Å². The van der Waals surface area contributed by atoms with Crippen molar-refractivity contribution in [2.75, 3.05) is 19.5 Å². The lowest BCUT2D eigenvalue weighted by atomic mass is 10.2. The van der Waals surface area contributed by atoms with Crippen molar-refractivity contribution >= 4 is 5.69 Å². The van der Waals surface area contributed by atoms with Crippen LogP contribution in [0.1, 0.15) is 5.82 Å². The minimum Gasteiger partial charge on any atom is -0.493 e. The number of nitrogens with one attached hydrogen (secondary N) is 1. The summed E-state index contributed by atoms with van der Waals surface area (Å²) in [7, 11) is 5.09. The normalized spacial score (nSPS) is 10.2. The first-order valence-electron chi connectivity index (χ1n) is 5.53. The van der Waals surface area contributed by atoms with Crippen LogP contribution in [0.3, 0.4) is 0 Å². The third kappa shape index (κ3) is 2.53. The van der Waals surface area contributed by atoms with Gasteiger partial charge < -0.3 is 14.8 Å². The summed E-state index contributed by atoms with van der Waals surface area (Å²) in [6.07, 6.45) is 1.53. The van der Waals surface area contributed by atoms with Crippen molar-refractivity contribution in [2.45, 2.75) is 6.54 Å². The Balaban J connectivity index is 2.08. The average Bonchev–Trinajstić information content (AvgIpc) is 2.81. The molecule has 1 aromatic heterocycles. The Bertz CT molecular complexity index is 525. The Hall–Kier alpha value is -2.24. The molecule has 18 heavy (non-hydrogen) atoms. The number of nitrogens with zero attached hydrogens (tertiary/aromatic N) is 3. The molecule has 0 aliphatic heterocycles. The maximum absolute atomic E-state index is 5.24. The molecule has 0 unspecified atom stereocenters. The van der Waals surface area contributed by atoms with Gasteiger partial charge in [0.15, 0.2) is 11.5 Å². The summed E-state index contributed by atoms with van der Waals surface area (Å²) in [5.41, 5.74) is 0.940. The largest absolute Gasteiger partial charge is 0.493 e. The van der Waals surface area contributed by atoms with Gasteiger partial charge >= 0.3 is 0 Å². The maximum atomic E-state index is 5.24. The fourth-order valence-corrected chi connectivity index (χ4v) is 1.61. The molecule has 0 fully saturated rings. The van der Waals surface area contributed by atoms with Crippen molar-refractivity contribution < 1.29 is 9.47 Å². The lowest BCUT2D eigenvalue weighted by molar-refractivity contribution is 0.355. The molecular weight excluding hydrogens is 232 g/mol. The maximum Gasteiger partial charge on any atom is 0.162 e. The van der Waals surface area contributed by atoms with Gasteiger partial charge in [0.25, 0.3) is 0 Å². The zero-order valence-corrected chi connectivity index (χ0v) is 10.7. The van der Waals surface area contributed by atoms with E-state index in [9.17, 15) is 0 Å². The highest BCUT2D eigenvalue weighted by atomic mass is 16.5. The van der Waals surface area contributed by atoms with Gasteiger partial charge in [0.05, 0.1) is 20.8 Å². The molecule has 0 radical (unpaired) electrons. The highest BCUT2D eigenvalue weighted by Gasteiger charge is 2.05. The molecule has 2 rings (SSSR count). The predicted octanol–water partition coefficient (Wildman–Crippen LogP) is 1.44. The molecule has 0 aliphatic rings. The molecule has 6 nitrogen and oxygen atoms in total. The van der Waals surface area contributed by atoms with Gasteiger partial charge in [0.2, 0.25) is 0 Å². The third-order valence-electron chi connectivity index (χ3n) is 2.64. The van der Waals surface area contributed by atoms with E-state index in [1.54, 1.807) is 18.9 Å². The van der Waals surface area contributed by atoms with E-state index >= 15 is 0 Å². The molecule has 1 heterocycles. The Morgan fingerprint density at radius 2 is 2.00 bits per heavy atom. The second-order valence-electron chi connectivity index (χ2n) is 3.72. The summed E-state index contributed by atoms with van der Waals surface area (Å²) in [6, 6.07) is 5.67. The Morgan fingerprint density at radius 1 is 1.22 bits per heavy atom. The molecule has 6 heteroatoms. The number of benzene rings is 1. The van der Waals surface area contributed by atoms with Crippen molar-refractivity contribution in [3.8, 4) is 11.5 Å². The topological polar surface area (TPSA) is 61.2 Å². The van der Waals surface area contributed by atoms with Crippen molar-refractivity contribution in [1.82, 2.24) is 14.8 Å². The van der Waals surface area contributed by atoms with Crippen molar-refractivity contribution in [1.29, 1.82) is 0 Å². The highest BCUT2D eigenvalue weighted by molar-refractivity contribution is 5.54. The second kappa shape index (κ2) is 5.39. The summed E-state index contributed by atoms with van der Waals surface area (Å²) in [5, 5.41) is 7.27. The Kier molecular flexibility index (Phi) is 3.66. The first-order chi connectivity index (χ1) is 8.74. The van der Waals surface area contributed by atoms with E-state index in [1.165, 1.54) is 6.33 Å². The second-order valence-corrected chi connectivity index (χ2v) is 3.72. The van der Waals surface area contributed by atoms with E-state index in [0.717, 1.165) is 11.5 Å². The zero-order valence-electron chi connectivity index (χ0n) is 10.7. The van der Waals surface area contributed by atoms with Gasteiger partial charge in [-0.15, -0.1) is 0 Å². The van der Waals surface area contributed by atoms with Crippen LogP contribution in [0, 0.1) is 0 Å². The highest BCUT2D eigenvalue weighted by Crippen LogP contribution is 2.29. The van der Waals surface area contributed by atoms with Crippen LogP contribution in [0.5, 0.6) is 11.5 Å². The molecule has 96 valence electrons. The molecule has 0 saturated heterocycles. The van der Waals surface area contributed by atoms with E-state index in [-0.39, 0.29) is 0 Å². The smallest absolute Gasteiger partial charge is 0.162 e. The molecule has 1 aromatic carbocycles. The van der Waals surface area contributed by atoms with Crippen LogP contribution in [0.4, 0.5) is 5.69 Å². The number of hydrogen-bond acceptors (Lipinski definition) is 5. The van der Waals surface area contributed by atoms with Gasteiger partial charge in [-0.2, -0.15) is 5.10 Å². The minimum atomic E-state index is 0.603. The van der Waals surface area contributed by atoms with Crippen LogP contribution in [0.25, 0.3) is 0 Å². The number of hydrogen-bond donors (Lipinski definition) is 1. The summed E-state index contributed by atoms with van der Waals surface area (Å²) >= 11 is 0. The fraction of sp³-hybridized carbons (Fsp3) is 0.333. The van der Waals surface area contributed by atoms with Gasteiger partial charge in [-0.25, -0.2) is 4.98 Å². The summed E-state index contributed by atoms with van der Waals surface area (Å²) in [6.45, 7) is 0.603. The average molecular weight is 248 g/mol. The number of anilines is 1. The molecule has 0 spiro atoms. The van der Waals surface area contributed by atoms with Gasteiger partial charge in [-0.1, -0.05) is 0 Å². The number of aromatic nitrogens is 3. The predicted molar refractivity (Wildman–Crippen MR) is 67.9 cm³/mol. The van der Waals surface area contributed by atoms with E-state index < -0.39 is 0 Å². The molecule has 0 amide bonds. The summed E-state index contributed by atoms with van der Waals surface area (Å²) in [5.74, 6) is 2.27. The van der Waals surface area contributed by atoms with Crippen molar-refractivity contribution in [2.24, 2.45) is 7.05 Å². The van der Waals surface area contributed by atoms with Crippen LogP contribution >= 0.6 is 0 Å². The monoisotopic (exact) mass is 248 g/mol. The quantitative estimate of drug-likeness (QED) is 0.867. The fourth-order valence-electron chi connectivity index (χ4n) is 1.61. The molecule has 0 saturated carbocycles. The molecule has 1 N–H and O–H groups in total. The van der Waals surface area contributed by atoms with Crippen LogP contribution in [0.15, 0.2) is 24.5 Å². The number of methoxy groups -OCH3 is 2. The van der Waals surface area contributed by atoms with Crippen LogP contribution in [-0.2, 0) is 13.6 Å². The Labute approximate surface area is 106 Å². The van der Waals surface area contributed by atoms with Gasteiger partial charge in [0, 0.05) is 18.8 Å². The van der Waals surface area contributed by atoms with Crippen molar-refractivity contribution in [3.05, 3.63) is 30.4 Å². The van der Waals surface area contributed by atoms with Crippen molar-refractivity contribution in [3.63, 3.8) is 0 Å². The number of rotatable bonds is 5. The third-order valence-corrected chi connectivity index (χ3v) is 2.64.